The molecule has 0 aliphatic carbocycles. The van der Waals surface area contributed by atoms with E-state index in [0.29, 0.717) is 0 Å². The Morgan fingerprint density at radius 2 is 2.11 bits per heavy atom. The number of ketones is 1. The van der Waals surface area contributed by atoms with Gasteiger partial charge in [0.25, 0.3) is 0 Å². The van der Waals surface area contributed by atoms with Gasteiger partial charge in [0.05, 0.1) is 11.4 Å². The molecule has 0 spiro atoms. The van der Waals surface area contributed by atoms with Gasteiger partial charge in [-0.3, -0.25) is 4.79 Å². The molecule has 0 bridgehead atoms. The minimum Gasteiger partial charge on any atom is -0.322 e. The van der Waals surface area contributed by atoms with Gasteiger partial charge in [-0.05, 0) is 6.92 Å². The zero-order chi connectivity index (χ0) is 7.44. The maximum atomic E-state index is 10.7. The van der Waals surface area contributed by atoms with Crippen molar-refractivity contribution in [1.82, 2.24) is 0 Å². The quantitative estimate of drug-likeness (QED) is 0.373. The van der Waals surface area contributed by atoms with Gasteiger partial charge in [-0.1, -0.05) is 0 Å². The SMILES string of the molecule is C[C@H](N)C(=O)CC(N)S. The molecule has 0 saturated carbocycles. The summed E-state index contributed by atoms with van der Waals surface area (Å²) < 4.78 is 0. The Morgan fingerprint density at radius 1 is 1.67 bits per heavy atom. The molecule has 0 radical (unpaired) electrons. The maximum Gasteiger partial charge on any atom is 0.151 e. The van der Waals surface area contributed by atoms with E-state index in [9.17, 15) is 4.79 Å². The zero-order valence-corrected chi connectivity index (χ0v) is 6.27. The molecule has 0 rings (SSSR count). The average molecular weight is 148 g/mol. The van der Waals surface area contributed by atoms with Crippen molar-refractivity contribution in [2.45, 2.75) is 24.8 Å². The third kappa shape index (κ3) is 4.44. The minimum absolute atomic E-state index is 0.0440. The second-order valence-corrected chi connectivity index (χ2v) is 2.69. The molecule has 4 N–H and O–H groups in total. The van der Waals surface area contributed by atoms with Crippen molar-refractivity contribution in [1.29, 1.82) is 0 Å². The Labute approximate surface area is 60.2 Å². The highest BCUT2D eigenvalue weighted by atomic mass is 32.1. The average Bonchev–Trinajstić information content (AvgIpc) is 1.63. The second-order valence-electron chi connectivity index (χ2n) is 2.03. The highest BCUT2D eigenvalue weighted by molar-refractivity contribution is 7.80. The van der Waals surface area contributed by atoms with Crippen LogP contribution >= 0.6 is 12.6 Å². The maximum absolute atomic E-state index is 10.7. The van der Waals surface area contributed by atoms with E-state index in [4.69, 9.17) is 11.5 Å². The van der Waals surface area contributed by atoms with Gasteiger partial charge in [0.2, 0.25) is 0 Å². The van der Waals surface area contributed by atoms with Crippen molar-refractivity contribution in [3.63, 3.8) is 0 Å². The van der Waals surface area contributed by atoms with Crippen molar-refractivity contribution in [3.05, 3.63) is 0 Å². The van der Waals surface area contributed by atoms with Gasteiger partial charge in [0, 0.05) is 6.42 Å². The van der Waals surface area contributed by atoms with E-state index in [1.165, 1.54) is 0 Å². The molecule has 4 heteroatoms. The third-order valence-electron chi connectivity index (χ3n) is 0.918. The Kier molecular flexibility index (Phi) is 3.84. The van der Waals surface area contributed by atoms with Gasteiger partial charge in [-0.2, -0.15) is 12.6 Å². The summed E-state index contributed by atoms with van der Waals surface area (Å²) >= 11 is 3.83. The predicted octanol–water partition coefficient (Wildman–Crippen LogP) is -0.493. The smallest absolute Gasteiger partial charge is 0.151 e. The van der Waals surface area contributed by atoms with Crippen molar-refractivity contribution in [2.24, 2.45) is 11.5 Å². The van der Waals surface area contributed by atoms with E-state index < -0.39 is 6.04 Å². The van der Waals surface area contributed by atoms with Gasteiger partial charge >= 0.3 is 0 Å². The standard InChI is InChI=1S/C5H12N2OS/c1-3(6)4(8)2-5(7)9/h3,5,9H,2,6-7H2,1H3/t3-,5?/m0/s1. The fourth-order valence-corrected chi connectivity index (χ4v) is 0.572. The highest BCUT2D eigenvalue weighted by Crippen LogP contribution is 1.95. The molecule has 2 atom stereocenters. The van der Waals surface area contributed by atoms with Crippen LogP contribution in [0.1, 0.15) is 13.3 Å². The summed E-state index contributed by atoms with van der Waals surface area (Å²) in [5.74, 6) is -0.0440. The first-order valence-corrected chi connectivity index (χ1v) is 3.27. The molecule has 0 aromatic heterocycles. The van der Waals surface area contributed by atoms with Crippen LogP contribution in [-0.2, 0) is 4.79 Å². The topological polar surface area (TPSA) is 69.1 Å². The molecule has 0 aromatic carbocycles. The van der Waals surface area contributed by atoms with Gasteiger partial charge in [-0.25, -0.2) is 0 Å². The molecule has 9 heavy (non-hydrogen) atoms. The van der Waals surface area contributed by atoms with Gasteiger partial charge in [0.15, 0.2) is 5.78 Å². The molecule has 3 nitrogen and oxygen atoms in total. The molecule has 0 saturated heterocycles. The van der Waals surface area contributed by atoms with Crippen LogP contribution in [-0.4, -0.2) is 17.2 Å². The molecule has 0 aliphatic heterocycles. The highest BCUT2D eigenvalue weighted by Gasteiger charge is 2.09. The van der Waals surface area contributed by atoms with E-state index in [-0.39, 0.29) is 17.6 Å². The minimum atomic E-state index is -0.414. The number of hydrogen-bond acceptors (Lipinski definition) is 4. The van der Waals surface area contributed by atoms with Crippen molar-refractivity contribution in [2.75, 3.05) is 0 Å². The van der Waals surface area contributed by atoms with Crippen LogP contribution in [0.2, 0.25) is 0 Å². The Balaban J connectivity index is 3.51. The van der Waals surface area contributed by atoms with Crippen LogP contribution < -0.4 is 11.5 Å². The molecule has 0 aliphatic rings. The van der Waals surface area contributed by atoms with E-state index in [2.05, 4.69) is 12.6 Å². The predicted molar refractivity (Wildman–Crippen MR) is 40.2 cm³/mol. The number of hydrogen-bond donors (Lipinski definition) is 3. The van der Waals surface area contributed by atoms with E-state index in [1.807, 2.05) is 0 Å². The van der Waals surface area contributed by atoms with Crippen molar-refractivity contribution < 1.29 is 4.79 Å². The summed E-state index contributed by atoms with van der Waals surface area (Å²) in [6.45, 7) is 1.64. The zero-order valence-electron chi connectivity index (χ0n) is 5.37. The number of carbonyl (C=O) groups excluding carboxylic acids is 1. The van der Waals surface area contributed by atoms with E-state index in [1.54, 1.807) is 6.92 Å². The first kappa shape index (κ1) is 8.94. The number of carbonyl (C=O) groups is 1. The number of nitrogens with two attached hydrogens (primary N) is 2. The lowest BCUT2D eigenvalue weighted by molar-refractivity contribution is -0.119. The van der Waals surface area contributed by atoms with Crippen LogP contribution in [0.3, 0.4) is 0 Å². The molecule has 0 amide bonds. The molecular formula is C5H12N2OS. The van der Waals surface area contributed by atoms with Crippen LogP contribution in [0.5, 0.6) is 0 Å². The lowest BCUT2D eigenvalue weighted by Gasteiger charge is -2.04. The molecule has 0 fully saturated rings. The van der Waals surface area contributed by atoms with Crippen molar-refractivity contribution >= 4 is 18.4 Å². The van der Waals surface area contributed by atoms with E-state index in [0.717, 1.165) is 0 Å². The van der Waals surface area contributed by atoms with Gasteiger partial charge < -0.3 is 11.5 Å². The summed E-state index contributed by atoms with van der Waals surface area (Å²) in [4.78, 5) is 10.7. The molecule has 54 valence electrons. The lowest BCUT2D eigenvalue weighted by Crippen LogP contribution is -2.30. The summed E-state index contributed by atoms with van der Waals surface area (Å²) in [6.07, 6.45) is 0.251. The number of Topliss-reactive ketones (excluding diaryl/α,β-unsaturated/α-hetero) is 1. The van der Waals surface area contributed by atoms with Crippen LogP contribution in [0.15, 0.2) is 0 Å². The van der Waals surface area contributed by atoms with Crippen LogP contribution in [0.25, 0.3) is 0 Å². The summed E-state index contributed by atoms with van der Waals surface area (Å²) in [7, 11) is 0. The molecular weight excluding hydrogens is 136 g/mol. The Morgan fingerprint density at radius 3 is 2.22 bits per heavy atom. The lowest BCUT2D eigenvalue weighted by atomic mass is 10.2. The monoisotopic (exact) mass is 148 g/mol. The normalized spacial score (nSPS) is 16.9. The summed E-state index contributed by atoms with van der Waals surface area (Å²) in [5.41, 5.74) is 10.5. The first-order valence-electron chi connectivity index (χ1n) is 2.76. The molecule has 0 heterocycles. The fourth-order valence-electron chi connectivity index (χ4n) is 0.392. The third-order valence-corrected chi connectivity index (χ3v) is 1.10. The number of thiol groups is 1. The van der Waals surface area contributed by atoms with Gasteiger partial charge in [0.1, 0.15) is 0 Å². The summed E-state index contributed by atoms with van der Waals surface area (Å²) in [5, 5.41) is -0.372. The Hall–Kier alpha value is -0.0600. The van der Waals surface area contributed by atoms with Crippen LogP contribution in [0.4, 0.5) is 0 Å². The second kappa shape index (κ2) is 3.87. The molecule has 0 aromatic rings. The Bertz CT molecular complexity index is 103. The molecule has 1 unspecified atom stereocenters. The van der Waals surface area contributed by atoms with E-state index >= 15 is 0 Å². The largest absolute Gasteiger partial charge is 0.322 e. The first-order chi connectivity index (χ1) is 4.04. The summed E-state index contributed by atoms with van der Waals surface area (Å²) in [6, 6.07) is -0.414. The van der Waals surface area contributed by atoms with Crippen molar-refractivity contribution in [3.8, 4) is 0 Å². The number of rotatable bonds is 3. The van der Waals surface area contributed by atoms with Crippen LogP contribution in [0, 0.1) is 0 Å². The van der Waals surface area contributed by atoms with Gasteiger partial charge in [-0.15, -0.1) is 0 Å². The fraction of sp³-hybridized carbons (Fsp3) is 0.800.